The Kier molecular flexibility index (Phi) is 5.63. The third-order valence-electron chi connectivity index (χ3n) is 4.04. The van der Waals surface area contributed by atoms with E-state index in [0.717, 1.165) is 16.5 Å². The number of hydrogen-bond acceptors (Lipinski definition) is 5. The maximum absolute atomic E-state index is 12.1. The first-order valence-electron chi connectivity index (χ1n) is 8.35. The Labute approximate surface area is 155 Å². The van der Waals surface area contributed by atoms with E-state index in [-0.39, 0.29) is 0 Å². The second kappa shape index (κ2) is 8.29. The van der Waals surface area contributed by atoms with E-state index < -0.39 is 24.5 Å². The number of nitrogens with one attached hydrogen (secondary N) is 1. The molecule has 4 N–H and O–H groups in total. The molecule has 2 amide bonds. The largest absolute Gasteiger partial charge is 0.487 e. The number of carbonyl (C=O) groups is 2. The molecule has 0 aliphatic carbocycles. The molecular formula is C20H19N3O4. The third kappa shape index (κ3) is 4.39. The molecule has 1 aromatic heterocycles. The van der Waals surface area contributed by atoms with Crippen LogP contribution in [0.3, 0.4) is 0 Å². The van der Waals surface area contributed by atoms with Gasteiger partial charge in [0.05, 0.1) is 6.61 Å². The lowest BCUT2D eigenvalue weighted by Crippen LogP contribution is -2.46. The Morgan fingerprint density at radius 2 is 1.85 bits per heavy atom. The molecule has 0 fully saturated rings. The highest BCUT2D eigenvalue weighted by atomic mass is 16.5. The van der Waals surface area contributed by atoms with Gasteiger partial charge in [-0.05, 0) is 29.8 Å². The number of rotatable bonds is 7. The van der Waals surface area contributed by atoms with Gasteiger partial charge in [0.25, 0.3) is 5.91 Å². The number of para-hydroxylation sites is 1. The smallest absolute Gasteiger partial charge is 0.251 e. The van der Waals surface area contributed by atoms with Crippen molar-refractivity contribution in [3.63, 3.8) is 0 Å². The van der Waals surface area contributed by atoms with Crippen molar-refractivity contribution in [3.8, 4) is 5.75 Å². The van der Waals surface area contributed by atoms with Crippen LogP contribution in [-0.2, 0) is 11.4 Å². The van der Waals surface area contributed by atoms with Crippen LogP contribution in [0.4, 0.5) is 0 Å². The van der Waals surface area contributed by atoms with Gasteiger partial charge < -0.3 is 20.9 Å². The number of pyridine rings is 1. The fraction of sp³-hybridized carbons (Fsp3) is 0.150. The lowest BCUT2D eigenvalue weighted by molar-refractivity contribution is -0.120. The van der Waals surface area contributed by atoms with Gasteiger partial charge in [0.15, 0.2) is 0 Å². The van der Waals surface area contributed by atoms with E-state index >= 15 is 0 Å². The SMILES string of the molecule is NC(=O)C(CO)NC(=O)c1ccc(COc2cccc3cccnc23)cc1. The molecular weight excluding hydrogens is 346 g/mol. The van der Waals surface area contributed by atoms with Crippen LogP contribution in [0.1, 0.15) is 15.9 Å². The maximum atomic E-state index is 12.1. The number of fused-ring (bicyclic) bond motifs is 1. The van der Waals surface area contributed by atoms with Crippen LogP contribution in [0, 0.1) is 0 Å². The lowest BCUT2D eigenvalue weighted by atomic mass is 10.1. The molecule has 0 saturated carbocycles. The first-order chi connectivity index (χ1) is 13.1. The molecule has 0 aliphatic rings. The standard InChI is InChI=1S/C20H19N3O4/c21-19(25)16(11-24)23-20(26)15-8-6-13(7-9-15)12-27-17-5-1-3-14-4-2-10-22-18(14)17/h1-10,16,24H,11-12H2,(H2,21,25)(H,23,26). The Hall–Kier alpha value is -3.45. The Morgan fingerprint density at radius 3 is 2.56 bits per heavy atom. The second-order valence-electron chi connectivity index (χ2n) is 5.93. The molecule has 2 aromatic carbocycles. The minimum absolute atomic E-state index is 0.318. The average Bonchev–Trinajstić information content (AvgIpc) is 2.70. The molecule has 138 valence electrons. The van der Waals surface area contributed by atoms with Crippen LogP contribution < -0.4 is 15.8 Å². The summed E-state index contributed by atoms with van der Waals surface area (Å²) in [7, 11) is 0. The second-order valence-corrected chi connectivity index (χ2v) is 5.93. The number of primary amides is 1. The summed E-state index contributed by atoms with van der Waals surface area (Å²) in [6.07, 6.45) is 1.72. The minimum Gasteiger partial charge on any atom is -0.487 e. The van der Waals surface area contributed by atoms with E-state index in [1.54, 1.807) is 30.5 Å². The summed E-state index contributed by atoms with van der Waals surface area (Å²) in [6.45, 7) is -0.232. The zero-order chi connectivity index (χ0) is 19.2. The Morgan fingerprint density at radius 1 is 1.11 bits per heavy atom. The molecule has 3 rings (SSSR count). The van der Waals surface area contributed by atoms with Crippen molar-refractivity contribution >= 4 is 22.7 Å². The average molecular weight is 365 g/mol. The molecule has 0 aliphatic heterocycles. The quantitative estimate of drug-likeness (QED) is 0.585. The van der Waals surface area contributed by atoms with E-state index in [4.69, 9.17) is 15.6 Å². The van der Waals surface area contributed by atoms with Crippen molar-refractivity contribution in [2.45, 2.75) is 12.6 Å². The summed E-state index contributed by atoms with van der Waals surface area (Å²) in [5, 5.41) is 12.4. The molecule has 7 heteroatoms. The van der Waals surface area contributed by atoms with Crippen LogP contribution in [0.25, 0.3) is 10.9 Å². The summed E-state index contributed by atoms with van der Waals surface area (Å²) in [4.78, 5) is 27.5. The topological polar surface area (TPSA) is 115 Å². The number of benzene rings is 2. The monoisotopic (exact) mass is 365 g/mol. The number of aliphatic hydroxyl groups is 1. The highest BCUT2D eigenvalue weighted by molar-refractivity contribution is 5.97. The number of aliphatic hydroxyl groups excluding tert-OH is 1. The summed E-state index contributed by atoms with van der Waals surface area (Å²) < 4.78 is 5.86. The number of aromatic nitrogens is 1. The highest BCUT2D eigenvalue weighted by Crippen LogP contribution is 2.23. The van der Waals surface area contributed by atoms with Crippen LogP contribution in [0.2, 0.25) is 0 Å². The van der Waals surface area contributed by atoms with Crippen molar-refractivity contribution in [1.82, 2.24) is 10.3 Å². The third-order valence-corrected chi connectivity index (χ3v) is 4.04. The van der Waals surface area contributed by atoms with E-state index in [1.165, 1.54) is 0 Å². The molecule has 27 heavy (non-hydrogen) atoms. The number of carbonyl (C=O) groups excluding carboxylic acids is 2. The highest BCUT2D eigenvalue weighted by Gasteiger charge is 2.17. The molecule has 0 spiro atoms. The molecule has 1 heterocycles. The van der Waals surface area contributed by atoms with E-state index in [1.807, 2.05) is 30.3 Å². The van der Waals surface area contributed by atoms with Crippen molar-refractivity contribution in [2.24, 2.45) is 5.73 Å². The summed E-state index contributed by atoms with van der Waals surface area (Å²) in [5.41, 5.74) is 7.11. The molecule has 1 atom stereocenters. The normalized spacial score (nSPS) is 11.7. The minimum atomic E-state index is -1.11. The summed E-state index contributed by atoms with van der Waals surface area (Å²) in [5.74, 6) is -0.597. The Balaban J connectivity index is 1.65. The van der Waals surface area contributed by atoms with Gasteiger partial charge in [-0.2, -0.15) is 0 Å². The van der Waals surface area contributed by atoms with Crippen molar-refractivity contribution in [1.29, 1.82) is 0 Å². The molecule has 1 unspecified atom stereocenters. The predicted molar refractivity (Wildman–Crippen MR) is 100 cm³/mol. The van der Waals surface area contributed by atoms with Gasteiger partial charge >= 0.3 is 0 Å². The fourth-order valence-electron chi connectivity index (χ4n) is 2.55. The number of hydrogen-bond donors (Lipinski definition) is 3. The van der Waals surface area contributed by atoms with E-state index in [0.29, 0.717) is 17.9 Å². The van der Waals surface area contributed by atoms with Crippen LogP contribution in [0.15, 0.2) is 60.8 Å². The van der Waals surface area contributed by atoms with E-state index in [2.05, 4.69) is 10.3 Å². The molecule has 0 bridgehead atoms. The van der Waals surface area contributed by atoms with E-state index in [9.17, 15) is 9.59 Å². The molecule has 0 radical (unpaired) electrons. The van der Waals surface area contributed by atoms with Crippen LogP contribution >= 0.6 is 0 Å². The van der Waals surface area contributed by atoms with Crippen LogP contribution in [0.5, 0.6) is 5.75 Å². The Bertz CT molecular complexity index is 952. The van der Waals surface area contributed by atoms with Crippen molar-refractivity contribution < 1.29 is 19.4 Å². The van der Waals surface area contributed by atoms with Crippen molar-refractivity contribution in [3.05, 3.63) is 71.9 Å². The van der Waals surface area contributed by atoms with Crippen molar-refractivity contribution in [2.75, 3.05) is 6.61 Å². The van der Waals surface area contributed by atoms with Gasteiger partial charge in [-0.1, -0.05) is 30.3 Å². The predicted octanol–water partition coefficient (Wildman–Crippen LogP) is 1.39. The molecule has 3 aromatic rings. The summed E-state index contributed by atoms with van der Waals surface area (Å²) >= 11 is 0. The fourth-order valence-corrected chi connectivity index (χ4v) is 2.55. The van der Waals surface area contributed by atoms with Gasteiger partial charge in [0, 0.05) is 17.1 Å². The van der Waals surface area contributed by atoms with Gasteiger partial charge in [0.2, 0.25) is 5.91 Å². The first-order valence-corrected chi connectivity index (χ1v) is 8.35. The maximum Gasteiger partial charge on any atom is 0.251 e. The number of nitrogens with zero attached hydrogens (tertiary/aromatic N) is 1. The lowest BCUT2D eigenvalue weighted by Gasteiger charge is -2.13. The summed E-state index contributed by atoms with van der Waals surface area (Å²) in [6, 6.07) is 15.2. The van der Waals surface area contributed by atoms with Gasteiger partial charge in [-0.15, -0.1) is 0 Å². The van der Waals surface area contributed by atoms with Gasteiger partial charge in [0.1, 0.15) is 23.9 Å². The number of ether oxygens (including phenoxy) is 1. The molecule has 0 saturated heterocycles. The van der Waals surface area contributed by atoms with Gasteiger partial charge in [-0.3, -0.25) is 14.6 Å². The zero-order valence-electron chi connectivity index (χ0n) is 14.5. The van der Waals surface area contributed by atoms with Crippen LogP contribution in [-0.4, -0.2) is 34.6 Å². The number of amides is 2. The van der Waals surface area contributed by atoms with Gasteiger partial charge in [-0.25, -0.2) is 0 Å². The zero-order valence-corrected chi connectivity index (χ0v) is 14.5. The first kappa shape index (κ1) is 18.3. The number of nitrogens with two attached hydrogens (primary N) is 1. The molecule has 7 nitrogen and oxygen atoms in total.